The molecule has 1 amide bonds. The number of nitrogens with one attached hydrogen (secondary N) is 1. The first-order valence-electron chi connectivity index (χ1n) is 9.18. The summed E-state index contributed by atoms with van der Waals surface area (Å²) >= 11 is 0. The molecule has 2 aromatic carbocycles. The van der Waals surface area contributed by atoms with Crippen molar-refractivity contribution in [2.45, 2.75) is 31.2 Å². The van der Waals surface area contributed by atoms with Crippen LogP contribution in [0.5, 0.6) is 5.75 Å². The number of hydrogen-bond donors (Lipinski definition) is 1. The molecule has 0 fully saturated rings. The first-order chi connectivity index (χ1) is 13.2. The Kier molecular flexibility index (Phi) is 7.60. The Morgan fingerprint density at radius 1 is 1.07 bits per heavy atom. The molecule has 0 heterocycles. The molecule has 0 aromatic heterocycles. The van der Waals surface area contributed by atoms with Crippen LogP contribution in [0.4, 0.5) is 0 Å². The molecule has 0 unspecified atom stereocenters. The van der Waals surface area contributed by atoms with Gasteiger partial charge in [-0.05, 0) is 42.2 Å². The van der Waals surface area contributed by atoms with E-state index in [-0.39, 0.29) is 23.4 Å². The summed E-state index contributed by atoms with van der Waals surface area (Å²) < 4.78 is 31.5. The van der Waals surface area contributed by atoms with Crippen LogP contribution in [-0.4, -0.2) is 39.3 Å². The van der Waals surface area contributed by atoms with E-state index in [0.717, 1.165) is 22.0 Å². The van der Waals surface area contributed by atoms with Gasteiger partial charge in [-0.15, -0.1) is 0 Å². The third kappa shape index (κ3) is 5.81. The Balaban J connectivity index is 2.10. The molecule has 0 spiro atoms. The van der Waals surface area contributed by atoms with Crippen molar-refractivity contribution in [1.29, 1.82) is 0 Å². The zero-order valence-electron chi connectivity index (χ0n) is 16.8. The Morgan fingerprint density at radius 3 is 2.21 bits per heavy atom. The average molecular weight is 405 g/mol. The van der Waals surface area contributed by atoms with Gasteiger partial charge >= 0.3 is 0 Å². The number of carbonyl (C=O) groups is 1. The van der Waals surface area contributed by atoms with Crippen LogP contribution in [0, 0.1) is 5.92 Å². The molecule has 0 radical (unpaired) electrons. The molecule has 1 atom stereocenters. The predicted molar refractivity (Wildman–Crippen MR) is 110 cm³/mol. The number of rotatable bonds is 9. The van der Waals surface area contributed by atoms with E-state index >= 15 is 0 Å². The summed E-state index contributed by atoms with van der Waals surface area (Å²) in [7, 11) is -0.699. The summed E-state index contributed by atoms with van der Waals surface area (Å²) in [6.45, 7) is 3.91. The lowest BCUT2D eigenvalue weighted by atomic mass is 9.97. The van der Waals surface area contributed by atoms with Gasteiger partial charge in [0, 0.05) is 7.05 Å². The van der Waals surface area contributed by atoms with Crippen molar-refractivity contribution in [2.75, 3.05) is 20.7 Å². The van der Waals surface area contributed by atoms with E-state index < -0.39 is 10.0 Å². The maximum atomic E-state index is 12.6. The van der Waals surface area contributed by atoms with Crippen LogP contribution in [0.2, 0.25) is 0 Å². The highest BCUT2D eigenvalue weighted by atomic mass is 32.2. The van der Waals surface area contributed by atoms with E-state index in [1.54, 1.807) is 25.3 Å². The van der Waals surface area contributed by atoms with Crippen LogP contribution >= 0.6 is 0 Å². The number of likely N-dealkylation sites (N-methyl/N-ethyl adjacent to an activating group) is 1. The van der Waals surface area contributed by atoms with Crippen molar-refractivity contribution in [3.63, 3.8) is 0 Å². The summed E-state index contributed by atoms with van der Waals surface area (Å²) in [6.07, 6.45) is 0.743. The van der Waals surface area contributed by atoms with Gasteiger partial charge < -0.3 is 10.1 Å². The van der Waals surface area contributed by atoms with E-state index in [0.29, 0.717) is 5.92 Å². The van der Waals surface area contributed by atoms with Gasteiger partial charge in [-0.3, -0.25) is 4.79 Å². The highest BCUT2D eigenvalue weighted by Gasteiger charge is 2.24. The molecule has 28 heavy (non-hydrogen) atoms. The summed E-state index contributed by atoms with van der Waals surface area (Å²) in [4.78, 5) is 12.7. The largest absolute Gasteiger partial charge is 0.497 e. The number of amides is 1. The Labute approximate surface area is 167 Å². The number of nitrogens with zero attached hydrogens (tertiary/aromatic N) is 1. The molecule has 0 saturated heterocycles. The van der Waals surface area contributed by atoms with E-state index in [1.807, 2.05) is 24.3 Å². The standard InChI is InChI=1S/C21H28N2O4S/c1-16(2)14-20(17-10-12-18(27-4)13-11-17)22-21(24)15-23(3)28(25,26)19-8-6-5-7-9-19/h5-13,16,20H,14-15H2,1-4H3,(H,22,24)/t20-/m1/s1. The number of carbonyl (C=O) groups excluding carboxylic acids is 1. The third-order valence-electron chi connectivity index (χ3n) is 4.38. The van der Waals surface area contributed by atoms with Crippen molar-refractivity contribution in [1.82, 2.24) is 9.62 Å². The topological polar surface area (TPSA) is 75.7 Å². The molecule has 7 heteroatoms. The van der Waals surface area contributed by atoms with Crippen LogP contribution in [0.25, 0.3) is 0 Å². The Hall–Kier alpha value is -2.38. The lowest BCUT2D eigenvalue weighted by Crippen LogP contribution is -2.40. The number of methoxy groups -OCH3 is 1. The maximum Gasteiger partial charge on any atom is 0.243 e. The summed E-state index contributed by atoms with van der Waals surface area (Å²) in [5.41, 5.74) is 0.955. The van der Waals surface area contributed by atoms with Gasteiger partial charge in [0.2, 0.25) is 15.9 Å². The monoisotopic (exact) mass is 404 g/mol. The van der Waals surface area contributed by atoms with Crippen LogP contribution in [0.15, 0.2) is 59.5 Å². The lowest BCUT2D eigenvalue weighted by Gasteiger charge is -2.23. The molecule has 0 bridgehead atoms. The third-order valence-corrected chi connectivity index (χ3v) is 6.20. The fourth-order valence-corrected chi connectivity index (χ4v) is 4.03. The second-order valence-electron chi connectivity index (χ2n) is 7.10. The van der Waals surface area contributed by atoms with Gasteiger partial charge in [-0.2, -0.15) is 4.31 Å². The SMILES string of the molecule is COc1ccc([C@@H](CC(C)C)NC(=O)CN(C)S(=O)(=O)c2ccccc2)cc1. The number of sulfonamides is 1. The van der Waals surface area contributed by atoms with Crippen molar-refractivity contribution in [2.24, 2.45) is 5.92 Å². The second-order valence-corrected chi connectivity index (χ2v) is 9.14. The minimum Gasteiger partial charge on any atom is -0.497 e. The zero-order valence-corrected chi connectivity index (χ0v) is 17.6. The van der Waals surface area contributed by atoms with Gasteiger partial charge in [0.25, 0.3) is 0 Å². The van der Waals surface area contributed by atoms with E-state index in [2.05, 4.69) is 19.2 Å². The Morgan fingerprint density at radius 2 is 1.68 bits per heavy atom. The molecule has 1 N–H and O–H groups in total. The van der Waals surface area contributed by atoms with Crippen LogP contribution in [0.3, 0.4) is 0 Å². The van der Waals surface area contributed by atoms with E-state index in [9.17, 15) is 13.2 Å². The zero-order chi connectivity index (χ0) is 20.7. The van der Waals surface area contributed by atoms with Crippen molar-refractivity contribution in [3.05, 3.63) is 60.2 Å². The fourth-order valence-electron chi connectivity index (χ4n) is 2.89. The molecule has 0 aliphatic heterocycles. The molecule has 0 aliphatic rings. The highest BCUT2D eigenvalue weighted by molar-refractivity contribution is 7.89. The lowest BCUT2D eigenvalue weighted by molar-refractivity contribution is -0.122. The highest BCUT2D eigenvalue weighted by Crippen LogP contribution is 2.23. The van der Waals surface area contributed by atoms with Crippen molar-refractivity contribution < 1.29 is 17.9 Å². The molecule has 152 valence electrons. The second kappa shape index (κ2) is 9.71. The molecule has 0 saturated carbocycles. The van der Waals surface area contributed by atoms with Crippen LogP contribution in [0.1, 0.15) is 31.9 Å². The summed E-state index contributed by atoms with van der Waals surface area (Å²) in [5.74, 6) is 0.758. The first-order valence-corrected chi connectivity index (χ1v) is 10.6. The number of benzene rings is 2. The van der Waals surface area contributed by atoms with Gasteiger partial charge in [0.15, 0.2) is 0 Å². The molecule has 6 nitrogen and oxygen atoms in total. The van der Waals surface area contributed by atoms with Crippen LogP contribution in [-0.2, 0) is 14.8 Å². The molecular formula is C21H28N2O4S. The molecular weight excluding hydrogens is 376 g/mol. The fraction of sp³-hybridized carbons (Fsp3) is 0.381. The van der Waals surface area contributed by atoms with Crippen molar-refractivity contribution in [3.8, 4) is 5.75 Å². The summed E-state index contributed by atoms with van der Waals surface area (Å²) in [5, 5.41) is 2.97. The van der Waals surface area contributed by atoms with Gasteiger partial charge in [-0.25, -0.2) is 8.42 Å². The van der Waals surface area contributed by atoms with E-state index in [1.165, 1.54) is 19.2 Å². The average Bonchev–Trinajstić information content (AvgIpc) is 2.67. The molecule has 0 aliphatic carbocycles. The van der Waals surface area contributed by atoms with Crippen LogP contribution < -0.4 is 10.1 Å². The predicted octanol–water partition coefficient (Wildman–Crippen LogP) is 3.22. The normalized spacial score (nSPS) is 12.8. The quantitative estimate of drug-likeness (QED) is 0.696. The maximum absolute atomic E-state index is 12.6. The summed E-state index contributed by atoms with van der Waals surface area (Å²) in [6, 6.07) is 15.4. The van der Waals surface area contributed by atoms with Gasteiger partial charge in [0.1, 0.15) is 5.75 Å². The first kappa shape index (κ1) is 21.9. The van der Waals surface area contributed by atoms with E-state index in [4.69, 9.17) is 4.74 Å². The molecule has 2 rings (SSSR count). The smallest absolute Gasteiger partial charge is 0.243 e. The van der Waals surface area contributed by atoms with Crippen molar-refractivity contribution >= 4 is 15.9 Å². The van der Waals surface area contributed by atoms with Gasteiger partial charge in [-0.1, -0.05) is 44.2 Å². The number of ether oxygens (including phenoxy) is 1. The van der Waals surface area contributed by atoms with Gasteiger partial charge in [0.05, 0.1) is 24.6 Å². The molecule has 2 aromatic rings. The minimum absolute atomic E-state index is 0.166. The Bertz CT molecular complexity index is 865. The minimum atomic E-state index is -3.71. The number of hydrogen-bond acceptors (Lipinski definition) is 4.